The number of fused-ring (bicyclic) bond motifs is 1. The predicted octanol–water partition coefficient (Wildman–Crippen LogP) is 2.26. The van der Waals surface area contributed by atoms with Crippen LogP contribution in [0.25, 0.3) is 10.8 Å². The summed E-state index contributed by atoms with van der Waals surface area (Å²) in [7, 11) is 0. The van der Waals surface area contributed by atoms with Crippen LogP contribution in [0.1, 0.15) is 28.9 Å². The third-order valence-corrected chi connectivity index (χ3v) is 4.98. The minimum atomic E-state index is -0.537. The Kier molecular flexibility index (Phi) is 5.11. The van der Waals surface area contributed by atoms with Crippen molar-refractivity contribution in [3.05, 3.63) is 65.0 Å². The molecule has 6 heteroatoms. The van der Waals surface area contributed by atoms with Crippen LogP contribution in [0.5, 0.6) is 0 Å². The fraction of sp³-hybridized carbons (Fsp3) is 0.158. The molecule has 5 nitrogen and oxygen atoms in total. The van der Waals surface area contributed by atoms with E-state index >= 15 is 0 Å². The Hall–Kier alpha value is -2.70. The Balaban J connectivity index is 1.65. The number of nitrogens with two attached hydrogens (primary N) is 2. The fourth-order valence-electron chi connectivity index (χ4n) is 2.84. The minimum absolute atomic E-state index is 0.135. The number of amides is 2. The number of nitrogens with one attached hydrogen (secondary N) is 1. The van der Waals surface area contributed by atoms with E-state index in [9.17, 15) is 9.59 Å². The van der Waals surface area contributed by atoms with Gasteiger partial charge in [0.05, 0.1) is 5.56 Å². The number of hydrogen-bond acceptors (Lipinski definition) is 3. The predicted molar refractivity (Wildman–Crippen MR) is 101 cm³/mol. The van der Waals surface area contributed by atoms with Crippen LogP contribution >= 0.6 is 11.3 Å². The van der Waals surface area contributed by atoms with E-state index < -0.39 is 5.91 Å². The maximum Gasteiger partial charge on any atom is 0.280 e. The lowest BCUT2D eigenvalue weighted by Crippen LogP contribution is -2.86. The number of quaternary nitrogens is 1. The van der Waals surface area contributed by atoms with Gasteiger partial charge in [-0.25, -0.2) is 0 Å². The largest absolute Gasteiger partial charge is 0.366 e. The molecule has 2 amide bonds. The van der Waals surface area contributed by atoms with Crippen molar-refractivity contribution in [3.8, 4) is 0 Å². The second kappa shape index (κ2) is 7.46. The van der Waals surface area contributed by atoms with E-state index in [1.165, 1.54) is 27.7 Å². The van der Waals surface area contributed by atoms with Gasteiger partial charge < -0.3 is 16.4 Å². The van der Waals surface area contributed by atoms with Gasteiger partial charge in [-0.05, 0) is 29.1 Å². The van der Waals surface area contributed by atoms with Crippen LogP contribution in [0.2, 0.25) is 0 Å². The first-order chi connectivity index (χ1) is 12.1. The smallest absolute Gasteiger partial charge is 0.280 e. The Bertz CT molecular complexity index is 914. The van der Waals surface area contributed by atoms with Gasteiger partial charge in [0.15, 0.2) is 6.54 Å². The molecule has 3 rings (SSSR count). The molecular formula is C19H20N3O2S+. The van der Waals surface area contributed by atoms with Gasteiger partial charge in [-0.2, -0.15) is 0 Å². The van der Waals surface area contributed by atoms with Crippen molar-refractivity contribution in [1.82, 2.24) is 0 Å². The molecule has 0 aliphatic rings. The van der Waals surface area contributed by atoms with Crippen LogP contribution in [0.15, 0.2) is 53.9 Å². The molecule has 0 saturated heterocycles. The highest BCUT2D eigenvalue weighted by molar-refractivity contribution is 7.14. The highest BCUT2D eigenvalue weighted by atomic mass is 32.1. The van der Waals surface area contributed by atoms with E-state index in [1.807, 2.05) is 23.5 Å². The maximum absolute atomic E-state index is 12.2. The van der Waals surface area contributed by atoms with Gasteiger partial charge in [-0.1, -0.05) is 42.5 Å². The van der Waals surface area contributed by atoms with Crippen LogP contribution in [-0.2, 0) is 4.79 Å². The van der Waals surface area contributed by atoms with Crippen LogP contribution in [0, 0.1) is 0 Å². The maximum atomic E-state index is 12.2. The second-order valence-electron chi connectivity index (χ2n) is 5.87. The summed E-state index contributed by atoms with van der Waals surface area (Å²) in [5.41, 5.74) is 6.84. The summed E-state index contributed by atoms with van der Waals surface area (Å²) in [5, 5.41) is 9.37. The van der Waals surface area contributed by atoms with Crippen molar-refractivity contribution >= 4 is 38.9 Å². The summed E-state index contributed by atoms with van der Waals surface area (Å²) < 4.78 is 0. The molecule has 128 valence electrons. The average molecular weight is 354 g/mol. The van der Waals surface area contributed by atoms with E-state index in [2.05, 4.69) is 36.5 Å². The molecule has 1 aromatic heterocycles. The van der Waals surface area contributed by atoms with Crippen molar-refractivity contribution in [2.24, 2.45) is 5.73 Å². The molecule has 25 heavy (non-hydrogen) atoms. The zero-order valence-electron chi connectivity index (χ0n) is 13.9. The number of hydrogen-bond donors (Lipinski definition) is 3. The third-order valence-electron chi connectivity index (χ3n) is 4.15. The topological polar surface area (TPSA) is 88.8 Å². The highest BCUT2D eigenvalue weighted by Crippen LogP contribution is 2.23. The van der Waals surface area contributed by atoms with Crippen molar-refractivity contribution in [3.63, 3.8) is 0 Å². The van der Waals surface area contributed by atoms with Gasteiger partial charge in [-0.3, -0.25) is 9.59 Å². The van der Waals surface area contributed by atoms with Crippen molar-refractivity contribution in [1.29, 1.82) is 0 Å². The van der Waals surface area contributed by atoms with Crippen molar-refractivity contribution in [2.45, 2.75) is 13.0 Å². The van der Waals surface area contributed by atoms with E-state index in [4.69, 9.17) is 5.73 Å². The first kappa shape index (κ1) is 17.1. The summed E-state index contributed by atoms with van der Waals surface area (Å²) in [6.45, 7) is 2.34. The Labute approximate surface area is 149 Å². The molecular weight excluding hydrogens is 334 g/mol. The zero-order valence-corrected chi connectivity index (χ0v) is 14.7. The molecule has 0 aliphatic heterocycles. The van der Waals surface area contributed by atoms with Gasteiger partial charge in [0.2, 0.25) is 0 Å². The number of carbonyl (C=O) groups excluding carboxylic acids is 2. The standard InChI is InChI=1S/C19H19N3O2S/c1-12(14-8-4-6-13-5-2-3-7-15(13)14)21-11-17(23)22-19-16(18(20)24)9-10-25-19/h2-10,12,21H,11H2,1H3,(H2,20,24)(H,22,23)/p+1/t12-/m1/s1. The first-order valence-electron chi connectivity index (χ1n) is 8.04. The van der Waals surface area contributed by atoms with E-state index in [-0.39, 0.29) is 18.5 Å². The summed E-state index contributed by atoms with van der Waals surface area (Å²) in [5.74, 6) is -0.693. The Morgan fingerprint density at radius 2 is 1.92 bits per heavy atom. The van der Waals surface area contributed by atoms with Crippen molar-refractivity contribution < 1.29 is 14.9 Å². The number of anilines is 1. The van der Waals surface area contributed by atoms with E-state index in [1.54, 1.807) is 11.4 Å². The monoisotopic (exact) mass is 354 g/mol. The molecule has 0 radical (unpaired) electrons. The molecule has 1 heterocycles. The zero-order chi connectivity index (χ0) is 17.8. The number of benzene rings is 2. The molecule has 3 aromatic rings. The van der Waals surface area contributed by atoms with Gasteiger partial charge in [0.1, 0.15) is 11.0 Å². The lowest BCUT2D eigenvalue weighted by Gasteiger charge is -2.13. The van der Waals surface area contributed by atoms with E-state index in [0.29, 0.717) is 10.6 Å². The van der Waals surface area contributed by atoms with Gasteiger partial charge in [-0.15, -0.1) is 11.3 Å². The van der Waals surface area contributed by atoms with Crippen LogP contribution in [-0.4, -0.2) is 18.4 Å². The average Bonchev–Trinajstić information content (AvgIpc) is 3.07. The van der Waals surface area contributed by atoms with Gasteiger partial charge in [0.25, 0.3) is 11.8 Å². The van der Waals surface area contributed by atoms with Crippen LogP contribution in [0.3, 0.4) is 0 Å². The molecule has 0 unspecified atom stereocenters. The molecule has 0 aliphatic carbocycles. The quantitative estimate of drug-likeness (QED) is 0.634. The summed E-state index contributed by atoms with van der Waals surface area (Å²) in [6.07, 6.45) is 0. The number of thiophene rings is 1. The number of primary amides is 1. The second-order valence-corrected chi connectivity index (χ2v) is 6.79. The first-order valence-corrected chi connectivity index (χ1v) is 8.92. The van der Waals surface area contributed by atoms with Gasteiger partial charge >= 0.3 is 0 Å². The normalized spacial score (nSPS) is 12.0. The fourth-order valence-corrected chi connectivity index (χ4v) is 3.64. The lowest BCUT2D eigenvalue weighted by atomic mass is 10.00. The summed E-state index contributed by atoms with van der Waals surface area (Å²) >= 11 is 1.29. The molecule has 0 saturated carbocycles. The van der Waals surface area contributed by atoms with Crippen molar-refractivity contribution in [2.75, 3.05) is 11.9 Å². The lowest BCUT2D eigenvalue weighted by molar-refractivity contribution is -0.682. The number of carbonyl (C=O) groups is 2. The van der Waals surface area contributed by atoms with Crippen LogP contribution in [0.4, 0.5) is 5.00 Å². The molecule has 5 N–H and O–H groups in total. The summed E-state index contributed by atoms with van der Waals surface area (Å²) in [4.78, 5) is 23.5. The Morgan fingerprint density at radius 1 is 1.16 bits per heavy atom. The summed E-state index contributed by atoms with van der Waals surface area (Å²) in [6, 6.07) is 16.2. The molecule has 0 bridgehead atoms. The number of rotatable bonds is 6. The minimum Gasteiger partial charge on any atom is -0.366 e. The molecule has 0 fully saturated rings. The third kappa shape index (κ3) is 3.87. The SMILES string of the molecule is C[C@@H]([NH2+]CC(=O)Nc1sccc1C(N)=O)c1cccc2ccccc12. The molecule has 1 atom stereocenters. The van der Waals surface area contributed by atoms with Crippen LogP contribution < -0.4 is 16.4 Å². The molecule has 2 aromatic carbocycles. The van der Waals surface area contributed by atoms with Gasteiger partial charge in [0, 0.05) is 5.56 Å². The highest BCUT2D eigenvalue weighted by Gasteiger charge is 2.16. The molecule has 0 spiro atoms. The van der Waals surface area contributed by atoms with E-state index in [0.717, 1.165) is 0 Å². The Morgan fingerprint density at radius 3 is 2.72 bits per heavy atom.